The molecular weight excluding hydrogens is 292 g/mol. The van der Waals surface area contributed by atoms with Gasteiger partial charge in [-0.15, -0.1) is 11.3 Å². The molecule has 0 aliphatic carbocycles. The van der Waals surface area contributed by atoms with Gasteiger partial charge in [-0.2, -0.15) is 10.4 Å². The molecule has 9 heteroatoms. The lowest BCUT2D eigenvalue weighted by molar-refractivity contribution is -0.116. The minimum atomic E-state index is -0.439. The molecule has 3 aromatic heterocycles. The molecule has 0 saturated carbocycles. The van der Waals surface area contributed by atoms with E-state index in [4.69, 9.17) is 5.26 Å². The predicted molar refractivity (Wildman–Crippen MR) is 75.8 cm³/mol. The number of rotatable bonds is 3. The molecule has 0 aliphatic rings. The fourth-order valence-electron chi connectivity index (χ4n) is 1.82. The van der Waals surface area contributed by atoms with Crippen molar-refractivity contribution in [3.63, 3.8) is 0 Å². The number of aromatic nitrogens is 4. The third kappa shape index (κ3) is 2.39. The highest BCUT2D eigenvalue weighted by molar-refractivity contribution is 7.16. The summed E-state index contributed by atoms with van der Waals surface area (Å²) in [6.07, 6.45) is 2.67. The third-order valence-corrected chi connectivity index (χ3v) is 3.61. The molecule has 3 heterocycles. The number of H-pyrrole nitrogens is 1. The van der Waals surface area contributed by atoms with E-state index in [2.05, 4.69) is 20.5 Å². The van der Waals surface area contributed by atoms with Crippen LogP contribution in [-0.4, -0.2) is 25.7 Å². The van der Waals surface area contributed by atoms with Gasteiger partial charge in [-0.05, 0) is 11.4 Å². The molecule has 8 nitrogen and oxygen atoms in total. The van der Waals surface area contributed by atoms with E-state index >= 15 is 0 Å². The Labute approximate surface area is 121 Å². The largest absolute Gasteiger partial charge is 0.321 e. The maximum Gasteiger partial charge on any atom is 0.262 e. The first-order valence-corrected chi connectivity index (χ1v) is 6.73. The number of hydrogen-bond donors (Lipinski definition) is 2. The van der Waals surface area contributed by atoms with Crippen molar-refractivity contribution >= 4 is 33.1 Å². The van der Waals surface area contributed by atoms with E-state index in [1.807, 2.05) is 6.07 Å². The van der Waals surface area contributed by atoms with Crippen LogP contribution in [0.4, 0.5) is 5.69 Å². The number of amides is 1. The second-order valence-electron chi connectivity index (χ2n) is 4.14. The first-order valence-electron chi connectivity index (χ1n) is 5.85. The molecule has 0 radical (unpaired) electrons. The van der Waals surface area contributed by atoms with Crippen molar-refractivity contribution in [3.8, 4) is 6.07 Å². The summed E-state index contributed by atoms with van der Waals surface area (Å²) < 4.78 is 1.22. The molecule has 21 heavy (non-hydrogen) atoms. The molecule has 1 amide bonds. The van der Waals surface area contributed by atoms with Crippen LogP contribution >= 0.6 is 11.3 Å². The van der Waals surface area contributed by atoms with Gasteiger partial charge in [-0.3, -0.25) is 19.3 Å². The van der Waals surface area contributed by atoms with E-state index < -0.39 is 5.91 Å². The van der Waals surface area contributed by atoms with E-state index in [0.29, 0.717) is 10.2 Å². The first kappa shape index (κ1) is 13.0. The summed E-state index contributed by atoms with van der Waals surface area (Å²) in [5.74, 6) is -0.439. The highest BCUT2D eigenvalue weighted by Crippen LogP contribution is 2.13. The summed E-state index contributed by atoms with van der Waals surface area (Å²) in [7, 11) is 0. The van der Waals surface area contributed by atoms with Gasteiger partial charge in [-0.25, -0.2) is 4.98 Å². The van der Waals surface area contributed by atoms with Crippen LogP contribution in [0.1, 0.15) is 5.69 Å². The van der Waals surface area contributed by atoms with Crippen LogP contribution in [0, 0.1) is 11.3 Å². The van der Waals surface area contributed by atoms with Crippen LogP contribution in [-0.2, 0) is 11.3 Å². The summed E-state index contributed by atoms with van der Waals surface area (Å²) in [6.45, 7) is -0.187. The molecule has 3 aromatic rings. The zero-order valence-electron chi connectivity index (χ0n) is 10.5. The van der Waals surface area contributed by atoms with Crippen LogP contribution in [0.3, 0.4) is 0 Å². The summed E-state index contributed by atoms with van der Waals surface area (Å²) in [5.41, 5.74) is 0.159. The lowest BCUT2D eigenvalue weighted by Gasteiger charge is -2.05. The van der Waals surface area contributed by atoms with Crippen molar-refractivity contribution < 1.29 is 4.79 Å². The first-order chi connectivity index (χ1) is 10.2. The smallest absolute Gasteiger partial charge is 0.262 e. The van der Waals surface area contributed by atoms with Gasteiger partial charge in [0.2, 0.25) is 5.91 Å². The highest BCUT2D eigenvalue weighted by atomic mass is 32.1. The fraction of sp³-hybridized carbons (Fsp3) is 0.0833. The standard InChI is InChI=1S/C12H8N6O2S/c13-3-8-9(4-15-17-8)16-10(19)5-18-6-14-11-7(12(18)20)1-2-21-11/h1-2,4,6H,5H2,(H,15,17)(H,16,19). The van der Waals surface area contributed by atoms with Gasteiger partial charge in [0.05, 0.1) is 23.6 Å². The van der Waals surface area contributed by atoms with Crippen molar-refractivity contribution in [1.82, 2.24) is 19.7 Å². The van der Waals surface area contributed by atoms with Crippen molar-refractivity contribution in [3.05, 3.63) is 40.0 Å². The molecule has 0 aliphatic heterocycles. The van der Waals surface area contributed by atoms with Crippen LogP contribution in [0.2, 0.25) is 0 Å². The number of anilines is 1. The maximum absolute atomic E-state index is 12.1. The summed E-state index contributed by atoms with van der Waals surface area (Å²) in [5, 5.41) is 19.7. The molecule has 104 valence electrons. The minimum absolute atomic E-state index is 0.155. The predicted octanol–water partition coefficient (Wildman–Crippen LogP) is 0.691. The molecule has 0 spiro atoms. The number of nitrogens with zero attached hydrogens (tertiary/aromatic N) is 4. The lowest BCUT2D eigenvalue weighted by atomic mass is 10.3. The van der Waals surface area contributed by atoms with Crippen LogP contribution in [0.25, 0.3) is 10.2 Å². The van der Waals surface area contributed by atoms with Gasteiger partial charge < -0.3 is 5.32 Å². The van der Waals surface area contributed by atoms with Gasteiger partial charge in [0, 0.05) is 0 Å². The Balaban J connectivity index is 1.82. The van der Waals surface area contributed by atoms with Gasteiger partial charge in [0.15, 0.2) is 5.69 Å². The third-order valence-electron chi connectivity index (χ3n) is 2.79. The van der Waals surface area contributed by atoms with Crippen molar-refractivity contribution in [2.45, 2.75) is 6.54 Å². The van der Waals surface area contributed by atoms with Gasteiger partial charge in [0.1, 0.15) is 17.4 Å². The topological polar surface area (TPSA) is 116 Å². The molecular formula is C12H8N6O2S. The van der Waals surface area contributed by atoms with Crippen molar-refractivity contribution in [2.75, 3.05) is 5.32 Å². The molecule has 0 atom stereocenters. The molecule has 0 bridgehead atoms. The van der Waals surface area contributed by atoms with Gasteiger partial charge >= 0.3 is 0 Å². The number of fused-ring (bicyclic) bond motifs is 1. The van der Waals surface area contributed by atoms with Crippen LogP contribution in [0.15, 0.2) is 28.8 Å². The van der Waals surface area contributed by atoms with E-state index in [9.17, 15) is 9.59 Å². The number of nitriles is 1. The van der Waals surface area contributed by atoms with Crippen molar-refractivity contribution in [2.24, 2.45) is 0 Å². The summed E-state index contributed by atoms with van der Waals surface area (Å²) >= 11 is 1.36. The average molecular weight is 300 g/mol. The highest BCUT2D eigenvalue weighted by Gasteiger charge is 2.11. The monoisotopic (exact) mass is 300 g/mol. The molecule has 3 rings (SSSR count). The molecule has 0 unspecified atom stereocenters. The second-order valence-corrected chi connectivity index (χ2v) is 5.03. The number of carbonyl (C=O) groups is 1. The molecule has 0 fully saturated rings. The van der Waals surface area contributed by atoms with E-state index in [1.165, 1.54) is 28.4 Å². The van der Waals surface area contributed by atoms with Gasteiger partial charge in [-0.1, -0.05) is 0 Å². The molecule has 0 saturated heterocycles. The number of hydrogen-bond acceptors (Lipinski definition) is 6. The number of thiophene rings is 1. The zero-order chi connectivity index (χ0) is 14.8. The summed E-state index contributed by atoms with van der Waals surface area (Å²) in [4.78, 5) is 28.8. The zero-order valence-corrected chi connectivity index (χ0v) is 11.3. The quantitative estimate of drug-likeness (QED) is 0.738. The van der Waals surface area contributed by atoms with Gasteiger partial charge in [0.25, 0.3) is 5.56 Å². The Morgan fingerprint density at radius 1 is 1.57 bits per heavy atom. The average Bonchev–Trinajstić information content (AvgIpc) is 3.10. The lowest BCUT2D eigenvalue weighted by Crippen LogP contribution is -2.27. The van der Waals surface area contributed by atoms with Crippen molar-refractivity contribution in [1.29, 1.82) is 5.26 Å². The maximum atomic E-state index is 12.1. The van der Waals surface area contributed by atoms with Crippen LogP contribution in [0.5, 0.6) is 0 Å². The minimum Gasteiger partial charge on any atom is -0.321 e. The Morgan fingerprint density at radius 3 is 3.24 bits per heavy atom. The number of aromatic amines is 1. The Morgan fingerprint density at radius 2 is 2.43 bits per heavy atom. The normalized spacial score (nSPS) is 10.4. The number of nitrogens with one attached hydrogen (secondary N) is 2. The molecule has 0 aromatic carbocycles. The fourth-order valence-corrected chi connectivity index (χ4v) is 2.54. The van der Waals surface area contributed by atoms with E-state index in [1.54, 1.807) is 11.4 Å². The summed E-state index contributed by atoms with van der Waals surface area (Å²) in [6, 6.07) is 3.54. The van der Waals surface area contributed by atoms with E-state index in [-0.39, 0.29) is 23.5 Å². The Kier molecular flexibility index (Phi) is 3.21. The molecule has 2 N–H and O–H groups in total. The Bertz CT molecular complexity index is 916. The Hall–Kier alpha value is -2.99. The SMILES string of the molecule is N#Cc1[nH]ncc1NC(=O)Cn1cnc2sccc2c1=O. The van der Waals surface area contributed by atoms with E-state index in [0.717, 1.165) is 0 Å². The van der Waals surface area contributed by atoms with Crippen LogP contribution < -0.4 is 10.9 Å². The second kappa shape index (κ2) is 5.18. The number of carbonyl (C=O) groups excluding carboxylic acids is 1.